The Morgan fingerprint density at radius 3 is 2.71 bits per heavy atom. The van der Waals surface area contributed by atoms with E-state index in [1.807, 2.05) is 6.92 Å². The normalized spacial score (nSPS) is 20.4. The molecule has 0 amide bonds. The summed E-state index contributed by atoms with van der Waals surface area (Å²) in [5.74, 6) is 0. The maximum atomic E-state index is 12.7. The number of rotatable bonds is 4. The molecular weight excluding hydrogens is 292 g/mol. The fourth-order valence-electron chi connectivity index (χ4n) is 2.78. The smallest absolute Gasteiger partial charge is 0.258 e. The molecule has 6 nitrogen and oxygen atoms in total. The van der Waals surface area contributed by atoms with E-state index >= 15 is 0 Å². The average molecular weight is 312 g/mol. The molecular formula is C14H20N2O4S. The van der Waals surface area contributed by atoms with Crippen LogP contribution in [-0.2, 0) is 10.0 Å². The summed E-state index contributed by atoms with van der Waals surface area (Å²) in [6.07, 6.45) is 3.47. The average Bonchev–Trinajstić information content (AvgIpc) is 2.47. The van der Waals surface area contributed by atoms with Gasteiger partial charge in [-0.2, -0.15) is 4.31 Å². The summed E-state index contributed by atoms with van der Waals surface area (Å²) in [6.45, 7) is 4.06. The SMILES string of the molecule is CC[C@@H]1CCCCN1S(=O)(=O)c1ccc(C)c([N+](=O)[O-])c1. The molecule has 0 aliphatic carbocycles. The summed E-state index contributed by atoms with van der Waals surface area (Å²) in [6, 6.07) is 4.12. The number of piperidine rings is 1. The molecule has 1 aliphatic heterocycles. The van der Waals surface area contributed by atoms with Gasteiger partial charge in [0.25, 0.3) is 5.69 Å². The minimum atomic E-state index is -3.67. The molecule has 2 rings (SSSR count). The van der Waals surface area contributed by atoms with E-state index in [1.54, 1.807) is 6.92 Å². The van der Waals surface area contributed by atoms with Crippen LogP contribution in [-0.4, -0.2) is 30.2 Å². The fourth-order valence-corrected chi connectivity index (χ4v) is 4.57. The monoisotopic (exact) mass is 312 g/mol. The van der Waals surface area contributed by atoms with Crippen LogP contribution in [0.4, 0.5) is 5.69 Å². The van der Waals surface area contributed by atoms with Crippen molar-refractivity contribution in [1.29, 1.82) is 0 Å². The summed E-state index contributed by atoms with van der Waals surface area (Å²) in [5.41, 5.74) is 0.311. The minimum absolute atomic E-state index is 0.0101. The van der Waals surface area contributed by atoms with Gasteiger partial charge in [-0.1, -0.05) is 19.4 Å². The first-order valence-electron chi connectivity index (χ1n) is 7.14. The predicted octanol–water partition coefficient (Wildman–Crippen LogP) is 2.86. The van der Waals surface area contributed by atoms with Crippen LogP contribution in [0, 0.1) is 17.0 Å². The summed E-state index contributed by atoms with van der Waals surface area (Å²) >= 11 is 0. The van der Waals surface area contributed by atoms with Gasteiger partial charge in [0.15, 0.2) is 0 Å². The Kier molecular flexibility index (Phi) is 4.63. The molecule has 1 aromatic rings. The van der Waals surface area contributed by atoms with Gasteiger partial charge in [-0.05, 0) is 32.3 Å². The first kappa shape index (κ1) is 15.9. The van der Waals surface area contributed by atoms with E-state index < -0.39 is 14.9 Å². The van der Waals surface area contributed by atoms with E-state index in [-0.39, 0.29) is 16.6 Å². The zero-order valence-electron chi connectivity index (χ0n) is 12.3. The Hall–Kier alpha value is -1.47. The van der Waals surface area contributed by atoms with Crippen LogP contribution in [0.15, 0.2) is 23.1 Å². The zero-order chi connectivity index (χ0) is 15.6. The number of hydrogen-bond donors (Lipinski definition) is 0. The van der Waals surface area contributed by atoms with Crippen LogP contribution >= 0.6 is 0 Å². The van der Waals surface area contributed by atoms with Gasteiger partial charge in [0.1, 0.15) is 0 Å². The summed E-state index contributed by atoms with van der Waals surface area (Å²) in [7, 11) is -3.67. The maximum absolute atomic E-state index is 12.7. The van der Waals surface area contributed by atoms with Gasteiger partial charge in [-0.15, -0.1) is 0 Å². The van der Waals surface area contributed by atoms with Gasteiger partial charge in [0.2, 0.25) is 10.0 Å². The maximum Gasteiger partial charge on any atom is 0.273 e. The zero-order valence-corrected chi connectivity index (χ0v) is 13.1. The third kappa shape index (κ3) is 3.08. The Balaban J connectivity index is 2.43. The van der Waals surface area contributed by atoms with E-state index in [2.05, 4.69) is 0 Å². The largest absolute Gasteiger partial charge is 0.273 e. The molecule has 1 aromatic carbocycles. The van der Waals surface area contributed by atoms with Crippen molar-refractivity contribution in [3.8, 4) is 0 Å². The number of hydrogen-bond acceptors (Lipinski definition) is 4. The van der Waals surface area contributed by atoms with E-state index in [9.17, 15) is 18.5 Å². The highest BCUT2D eigenvalue weighted by Gasteiger charge is 2.33. The molecule has 0 radical (unpaired) electrons. The van der Waals surface area contributed by atoms with Crippen LogP contribution < -0.4 is 0 Å². The molecule has 0 N–H and O–H groups in total. The number of sulfonamides is 1. The molecule has 1 saturated heterocycles. The van der Waals surface area contributed by atoms with Crippen molar-refractivity contribution >= 4 is 15.7 Å². The van der Waals surface area contributed by atoms with Gasteiger partial charge in [-0.25, -0.2) is 8.42 Å². The van der Waals surface area contributed by atoms with Crippen LogP contribution in [0.1, 0.15) is 38.2 Å². The standard InChI is InChI=1S/C14H20N2O4S/c1-3-12-6-4-5-9-15(12)21(19,20)13-8-7-11(2)14(10-13)16(17)18/h7-8,10,12H,3-6,9H2,1-2H3/t12-/m1/s1. The van der Waals surface area contributed by atoms with E-state index in [4.69, 9.17) is 0 Å². The molecule has 7 heteroatoms. The Morgan fingerprint density at radius 2 is 2.10 bits per heavy atom. The van der Waals surface area contributed by atoms with Gasteiger partial charge >= 0.3 is 0 Å². The highest BCUT2D eigenvalue weighted by Crippen LogP contribution is 2.29. The third-order valence-electron chi connectivity index (χ3n) is 4.03. The van der Waals surface area contributed by atoms with Crippen LogP contribution in [0.25, 0.3) is 0 Å². The van der Waals surface area contributed by atoms with Gasteiger partial charge in [-0.3, -0.25) is 10.1 Å². The summed E-state index contributed by atoms with van der Waals surface area (Å²) in [5, 5.41) is 11.0. The van der Waals surface area contributed by atoms with Crippen LogP contribution in [0.3, 0.4) is 0 Å². The quantitative estimate of drug-likeness (QED) is 0.632. The Morgan fingerprint density at radius 1 is 1.38 bits per heavy atom. The number of nitro benzene ring substituents is 1. The van der Waals surface area contributed by atoms with Crippen molar-refractivity contribution < 1.29 is 13.3 Å². The molecule has 1 fully saturated rings. The van der Waals surface area contributed by atoms with Crippen LogP contribution in [0.5, 0.6) is 0 Å². The van der Waals surface area contributed by atoms with Crippen molar-refractivity contribution in [2.45, 2.75) is 50.5 Å². The van der Waals surface area contributed by atoms with Crippen LogP contribution in [0.2, 0.25) is 0 Å². The molecule has 0 aromatic heterocycles. The van der Waals surface area contributed by atoms with Crippen molar-refractivity contribution in [1.82, 2.24) is 4.31 Å². The number of aryl methyl sites for hydroxylation is 1. The lowest BCUT2D eigenvalue weighted by Crippen LogP contribution is -2.43. The fraction of sp³-hybridized carbons (Fsp3) is 0.571. The summed E-state index contributed by atoms with van der Waals surface area (Å²) in [4.78, 5) is 10.5. The topological polar surface area (TPSA) is 80.5 Å². The van der Waals surface area contributed by atoms with Crippen molar-refractivity contribution in [2.24, 2.45) is 0 Å². The third-order valence-corrected chi connectivity index (χ3v) is 5.98. The van der Waals surface area contributed by atoms with E-state index in [1.165, 1.54) is 22.5 Å². The van der Waals surface area contributed by atoms with E-state index in [0.717, 1.165) is 25.7 Å². The minimum Gasteiger partial charge on any atom is -0.258 e. The first-order chi connectivity index (χ1) is 9.87. The molecule has 1 atom stereocenters. The second-order valence-electron chi connectivity index (χ2n) is 5.38. The second-order valence-corrected chi connectivity index (χ2v) is 7.27. The highest BCUT2D eigenvalue weighted by atomic mass is 32.2. The van der Waals surface area contributed by atoms with Gasteiger partial charge in [0, 0.05) is 24.2 Å². The Labute approximate surface area is 125 Å². The Bertz CT molecular complexity index is 642. The van der Waals surface area contributed by atoms with Crippen molar-refractivity contribution in [3.05, 3.63) is 33.9 Å². The lowest BCUT2D eigenvalue weighted by Gasteiger charge is -2.34. The lowest BCUT2D eigenvalue weighted by atomic mass is 10.0. The van der Waals surface area contributed by atoms with Crippen molar-refractivity contribution in [2.75, 3.05) is 6.54 Å². The molecule has 1 aliphatic rings. The molecule has 1 heterocycles. The lowest BCUT2D eigenvalue weighted by molar-refractivity contribution is -0.385. The highest BCUT2D eigenvalue weighted by molar-refractivity contribution is 7.89. The molecule has 0 spiro atoms. The number of nitro groups is 1. The molecule has 0 unspecified atom stereocenters. The van der Waals surface area contributed by atoms with Gasteiger partial charge < -0.3 is 0 Å². The van der Waals surface area contributed by atoms with Crippen molar-refractivity contribution in [3.63, 3.8) is 0 Å². The molecule has 116 valence electrons. The molecule has 0 saturated carbocycles. The van der Waals surface area contributed by atoms with Gasteiger partial charge in [0.05, 0.1) is 9.82 Å². The second kappa shape index (κ2) is 6.11. The first-order valence-corrected chi connectivity index (χ1v) is 8.58. The van der Waals surface area contributed by atoms with E-state index in [0.29, 0.717) is 12.1 Å². The number of benzene rings is 1. The predicted molar refractivity (Wildman–Crippen MR) is 79.7 cm³/mol. The number of nitrogens with zero attached hydrogens (tertiary/aromatic N) is 2. The molecule has 0 bridgehead atoms. The summed E-state index contributed by atoms with van der Waals surface area (Å²) < 4.78 is 27.0. The molecule has 21 heavy (non-hydrogen) atoms.